The van der Waals surface area contributed by atoms with Gasteiger partial charge in [0, 0.05) is 7.05 Å². The molecule has 4 nitrogen and oxygen atoms in total. The molecule has 1 N–H and O–H groups in total. The molecule has 0 fully saturated rings. The lowest BCUT2D eigenvalue weighted by molar-refractivity contribution is 0.203. The number of hydrogen-bond acceptors (Lipinski definition) is 2. The predicted octanol–water partition coefficient (Wildman–Crippen LogP) is 2.10. The van der Waals surface area contributed by atoms with Gasteiger partial charge in [-0.05, 0) is 22.0 Å². The maximum atomic E-state index is 13.0. The second-order valence-corrected chi connectivity index (χ2v) is 3.11. The smallest absolute Gasteiger partial charge is 0.411 e. The van der Waals surface area contributed by atoms with Gasteiger partial charge in [0.1, 0.15) is 4.60 Å². The summed E-state index contributed by atoms with van der Waals surface area (Å²) in [6.07, 6.45) is -0.268. The van der Waals surface area contributed by atoms with E-state index in [0.29, 0.717) is 4.60 Å². The molecule has 0 unspecified atom stereocenters. The number of carboxylic acid groups (broad SMARTS) is 1. The van der Waals surface area contributed by atoms with Crippen molar-refractivity contribution in [1.82, 2.24) is 4.98 Å². The number of amides is 1. The monoisotopic (exact) mass is 248 g/mol. The Morgan fingerprint density at radius 2 is 2.38 bits per heavy atom. The van der Waals surface area contributed by atoms with E-state index < -0.39 is 11.9 Å². The molecule has 0 aliphatic carbocycles. The number of nitrogens with zero attached hydrogens (tertiary/aromatic N) is 2. The van der Waals surface area contributed by atoms with Gasteiger partial charge in [0.2, 0.25) is 0 Å². The fourth-order valence-electron chi connectivity index (χ4n) is 0.764. The van der Waals surface area contributed by atoms with Crippen LogP contribution in [0, 0.1) is 5.82 Å². The minimum absolute atomic E-state index is 0.0330. The number of carbonyl (C=O) groups is 1. The molecule has 0 bridgehead atoms. The zero-order chi connectivity index (χ0) is 10.0. The summed E-state index contributed by atoms with van der Waals surface area (Å²) in [7, 11) is 1.26. The number of anilines is 1. The van der Waals surface area contributed by atoms with Gasteiger partial charge < -0.3 is 5.11 Å². The second kappa shape index (κ2) is 3.69. The van der Waals surface area contributed by atoms with Gasteiger partial charge in [-0.1, -0.05) is 0 Å². The fourth-order valence-corrected chi connectivity index (χ4v) is 1.08. The normalized spacial score (nSPS) is 9.77. The average Bonchev–Trinajstić information content (AvgIpc) is 2.08. The van der Waals surface area contributed by atoms with E-state index in [1.807, 2.05) is 0 Å². The molecular formula is C7H6BrFN2O2. The highest BCUT2D eigenvalue weighted by atomic mass is 79.9. The Hall–Kier alpha value is -1.17. The molecule has 0 atom stereocenters. The van der Waals surface area contributed by atoms with E-state index in [2.05, 4.69) is 20.9 Å². The molecule has 6 heteroatoms. The third-order valence-corrected chi connectivity index (χ3v) is 1.88. The first kappa shape index (κ1) is 9.91. The quantitative estimate of drug-likeness (QED) is 0.775. The lowest BCUT2D eigenvalue weighted by Crippen LogP contribution is -2.24. The summed E-state index contributed by atoms with van der Waals surface area (Å²) in [5, 5.41) is 8.57. The zero-order valence-electron chi connectivity index (χ0n) is 6.66. The predicted molar refractivity (Wildman–Crippen MR) is 48.3 cm³/mol. The van der Waals surface area contributed by atoms with E-state index in [1.54, 1.807) is 0 Å². The average molecular weight is 249 g/mol. The Morgan fingerprint density at radius 1 is 1.77 bits per heavy atom. The van der Waals surface area contributed by atoms with Gasteiger partial charge in [-0.25, -0.2) is 14.2 Å². The fraction of sp³-hybridized carbons (Fsp3) is 0.143. The Morgan fingerprint density at radius 3 is 2.92 bits per heavy atom. The van der Waals surface area contributed by atoms with Crippen LogP contribution in [0.5, 0.6) is 0 Å². The van der Waals surface area contributed by atoms with Gasteiger partial charge in [0.05, 0.1) is 11.9 Å². The van der Waals surface area contributed by atoms with E-state index >= 15 is 0 Å². The standard InChI is InChI=1S/C7H6BrFN2O2/c1-11(7(12)13)5-2-6(8)10-3-4(5)9/h2-3H,1H3,(H,12,13). The lowest BCUT2D eigenvalue weighted by atomic mass is 10.4. The highest BCUT2D eigenvalue weighted by Gasteiger charge is 2.13. The topological polar surface area (TPSA) is 53.4 Å². The van der Waals surface area contributed by atoms with E-state index in [-0.39, 0.29) is 5.69 Å². The zero-order valence-corrected chi connectivity index (χ0v) is 8.25. The van der Waals surface area contributed by atoms with Crippen molar-refractivity contribution in [2.75, 3.05) is 11.9 Å². The van der Waals surface area contributed by atoms with Crippen molar-refractivity contribution in [3.63, 3.8) is 0 Å². The van der Waals surface area contributed by atoms with Crippen LogP contribution < -0.4 is 4.90 Å². The van der Waals surface area contributed by atoms with Crippen molar-refractivity contribution in [3.05, 3.63) is 22.7 Å². The van der Waals surface area contributed by atoms with Crippen molar-refractivity contribution in [2.24, 2.45) is 0 Å². The summed E-state index contributed by atoms with van der Waals surface area (Å²) < 4.78 is 13.4. The molecular weight excluding hydrogens is 243 g/mol. The molecule has 0 saturated heterocycles. The summed E-state index contributed by atoms with van der Waals surface area (Å²) in [5.74, 6) is -0.673. The van der Waals surface area contributed by atoms with Crippen LogP contribution in [0.15, 0.2) is 16.9 Å². The van der Waals surface area contributed by atoms with Crippen LogP contribution in [-0.2, 0) is 0 Å². The number of aromatic nitrogens is 1. The molecule has 0 saturated carbocycles. The molecule has 13 heavy (non-hydrogen) atoms. The van der Waals surface area contributed by atoms with Gasteiger partial charge in [0.15, 0.2) is 5.82 Å². The summed E-state index contributed by atoms with van der Waals surface area (Å²) in [4.78, 5) is 14.9. The van der Waals surface area contributed by atoms with Crippen molar-refractivity contribution >= 4 is 27.7 Å². The second-order valence-electron chi connectivity index (χ2n) is 2.30. The van der Waals surface area contributed by atoms with Crippen LogP contribution in [0.3, 0.4) is 0 Å². The number of hydrogen-bond donors (Lipinski definition) is 1. The largest absolute Gasteiger partial charge is 0.465 e. The minimum atomic E-state index is -1.23. The third-order valence-electron chi connectivity index (χ3n) is 1.45. The highest BCUT2D eigenvalue weighted by Crippen LogP contribution is 2.20. The van der Waals surface area contributed by atoms with Gasteiger partial charge >= 0.3 is 6.09 Å². The van der Waals surface area contributed by atoms with Crippen LogP contribution in [0.4, 0.5) is 14.9 Å². The number of rotatable bonds is 1. The number of halogens is 2. The Labute approximate surface area is 82.1 Å². The van der Waals surface area contributed by atoms with Gasteiger partial charge in [-0.2, -0.15) is 0 Å². The molecule has 0 aliphatic heterocycles. The van der Waals surface area contributed by atoms with Gasteiger partial charge in [0.25, 0.3) is 0 Å². The van der Waals surface area contributed by atoms with E-state index in [0.717, 1.165) is 11.1 Å². The van der Waals surface area contributed by atoms with Crippen molar-refractivity contribution in [3.8, 4) is 0 Å². The molecule has 0 aliphatic rings. The van der Waals surface area contributed by atoms with E-state index in [1.165, 1.54) is 13.1 Å². The molecule has 0 radical (unpaired) electrons. The van der Waals surface area contributed by atoms with Crippen LogP contribution in [0.25, 0.3) is 0 Å². The van der Waals surface area contributed by atoms with Gasteiger partial charge in [-0.3, -0.25) is 4.90 Å². The molecule has 1 amide bonds. The first-order chi connectivity index (χ1) is 6.02. The summed E-state index contributed by atoms with van der Waals surface area (Å²) in [5.41, 5.74) is -0.0330. The summed E-state index contributed by atoms with van der Waals surface area (Å²) >= 11 is 3.02. The molecule has 1 rings (SSSR count). The maximum absolute atomic E-state index is 13.0. The minimum Gasteiger partial charge on any atom is -0.465 e. The molecule has 1 aromatic rings. The van der Waals surface area contributed by atoms with Crippen LogP contribution in [0.2, 0.25) is 0 Å². The molecule has 0 aromatic carbocycles. The van der Waals surface area contributed by atoms with E-state index in [9.17, 15) is 9.18 Å². The van der Waals surface area contributed by atoms with Crippen LogP contribution in [0.1, 0.15) is 0 Å². The molecule has 1 heterocycles. The Balaban J connectivity index is 3.12. The third kappa shape index (κ3) is 2.15. The van der Waals surface area contributed by atoms with Crippen LogP contribution >= 0.6 is 15.9 Å². The lowest BCUT2D eigenvalue weighted by Gasteiger charge is -2.13. The highest BCUT2D eigenvalue weighted by molar-refractivity contribution is 9.10. The van der Waals surface area contributed by atoms with Gasteiger partial charge in [-0.15, -0.1) is 0 Å². The van der Waals surface area contributed by atoms with Crippen molar-refractivity contribution in [1.29, 1.82) is 0 Å². The summed E-state index contributed by atoms with van der Waals surface area (Å²) in [6, 6.07) is 1.30. The summed E-state index contributed by atoms with van der Waals surface area (Å²) in [6.45, 7) is 0. The van der Waals surface area contributed by atoms with E-state index in [4.69, 9.17) is 5.11 Å². The maximum Gasteiger partial charge on any atom is 0.411 e. The first-order valence-corrected chi connectivity index (χ1v) is 4.09. The first-order valence-electron chi connectivity index (χ1n) is 3.30. The Bertz CT molecular complexity index is 345. The van der Waals surface area contributed by atoms with Crippen LogP contribution in [-0.4, -0.2) is 23.2 Å². The molecule has 70 valence electrons. The molecule has 1 aromatic heterocycles. The Kier molecular flexibility index (Phi) is 2.82. The molecule has 0 spiro atoms. The van der Waals surface area contributed by atoms with Crippen molar-refractivity contribution in [2.45, 2.75) is 0 Å². The number of pyridine rings is 1. The van der Waals surface area contributed by atoms with Crippen molar-refractivity contribution < 1.29 is 14.3 Å². The SMILES string of the molecule is CN(C(=O)O)c1cc(Br)ncc1F.